The van der Waals surface area contributed by atoms with Gasteiger partial charge >= 0.3 is 11.6 Å². The van der Waals surface area contributed by atoms with Crippen molar-refractivity contribution < 1.29 is 18.7 Å². The molecule has 2 aromatic carbocycles. The van der Waals surface area contributed by atoms with Gasteiger partial charge in [-0.2, -0.15) is 0 Å². The van der Waals surface area contributed by atoms with Gasteiger partial charge in [0.2, 0.25) is 0 Å². The quantitative estimate of drug-likeness (QED) is 0.385. The van der Waals surface area contributed by atoms with Crippen molar-refractivity contribution in [3.8, 4) is 5.75 Å². The van der Waals surface area contributed by atoms with Crippen molar-refractivity contribution in [1.82, 2.24) is 4.90 Å². The van der Waals surface area contributed by atoms with Crippen LogP contribution in [0.2, 0.25) is 5.02 Å². The van der Waals surface area contributed by atoms with Crippen molar-refractivity contribution in [1.29, 1.82) is 0 Å². The fraction of sp³-hybridized carbons (Fsp3) is 0.360. The predicted molar refractivity (Wildman–Crippen MR) is 123 cm³/mol. The van der Waals surface area contributed by atoms with Crippen molar-refractivity contribution in [2.75, 3.05) is 6.73 Å². The maximum Gasteiger partial charge on any atom is 0.336 e. The van der Waals surface area contributed by atoms with Crippen LogP contribution in [0.5, 0.6) is 5.75 Å². The maximum absolute atomic E-state index is 12.1. The van der Waals surface area contributed by atoms with Gasteiger partial charge in [-0.25, -0.2) is 4.79 Å². The summed E-state index contributed by atoms with van der Waals surface area (Å²) in [5.74, 6) is 0.446. The zero-order chi connectivity index (χ0) is 22.8. The van der Waals surface area contributed by atoms with Crippen LogP contribution in [-0.2, 0) is 29.0 Å². The van der Waals surface area contributed by atoms with E-state index in [1.165, 1.54) is 6.07 Å². The van der Waals surface area contributed by atoms with Gasteiger partial charge in [-0.05, 0) is 62.1 Å². The Morgan fingerprint density at radius 3 is 2.69 bits per heavy atom. The van der Waals surface area contributed by atoms with Gasteiger partial charge in [-0.1, -0.05) is 23.7 Å². The second kappa shape index (κ2) is 9.35. The van der Waals surface area contributed by atoms with E-state index in [1.807, 2.05) is 51.1 Å². The number of hydrogen-bond acceptors (Lipinski definition) is 6. The highest BCUT2D eigenvalue weighted by Crippen LogP contribution is 2.37. The highest BCUT2D eigenvalue weighted by molar-refractivity contribution is 6.30. The SMILES string of the molecule is Cc1cc(=O)oc2c3c(c(CCC(=O)OC(C)C)cc12)OCN(Cc1ccc(Cl)cc1)C3. The third-order valence-corrected chi connectivity index (χ3v) is 5.68. The van der Waals surface area contributed by atoms with E-state index in [4.69, 9.17) is 25.5 Å². The lowest BCUT2D eigenvalue weighted by atomic mass is 9.97. The van der Waals surface area contributed by atoms with Crippen molar-refractivity contribution >= 4 is 28.5 Å². The molecule has 0 N–H and O–H groups in total. The standard InChI is InChI=1S/C25H26ClNO5/c1-15(2)31-22(28)9-6-18-11-20-16(3)10-23(29)32-25(20)21-13-27(14-30-24(18)21)12-17-4-7-19(26)8-5-17/h4-5,7-8,10-11,15H,6,9,12-14H2,1-3H3. The number of nitrogens with zero attached hydrogens (tertiary/aromatic N) is 1. The summed E-state index contributed by atoms with van der Waals surface area (Å²) in [7, 11) is 0. The first kappa shape index (κ1) is 22.4. The van der Waals surface area contributed by atoms with Crippen LogP contribution in [0.3, 0.4) is 0 Å². The van der Waals surface area contributed by atoms with E-state index < -0.39 is 0 Å². The van der Waals surface area contributed by atoms with Gasteiger partial charge in [0.05, 0.1) is 11.7 Å². The van der Waals surface area contributed by atoms with E-state index in [0.717, 1.165) is 27.6 Å². The zero-order valence-corrected chi connectivity index (χ0v) is 19.2. The number of hydrogen-bond donors (Lipinski definition) is 0. The second-order valence-electron chi connectivity index (χ2n) is 8.39. The fourth-order valence-electron chi connectivity index (χ4n) is 4.00. The van der Waals surface area contributed by atoms with Gasteiger partial charge in [-0.15, -0.1) is 0 Å². The lowest BCUT2D eigenvalue weighted by Crippen LogP contribution is -2.32. The van der Waals surface area contributed by atoms with Gasteiger partial charge in [0.1, 0.15) is 18.1 Å². The number of carbonyl (C=O) groups excluding carboxylic acids is 1. The summed E-state index contributed by atoms with van der Waals surface area (Å²) < 4.78 is 17.0. The molecule has 4 rings (SSSR count). The molecule has 0 fully saturated rings. The summed E-state index contributed by atoms with van der Waals surface area (Å²) in [4.78, 5) is 26.3. The minimum absolute atomic E-state index is 0.151. The molecule has 7 heteroatoms. The van der Waals surface area contributed by atoms with Crippen LogP contribution in [0.15, 0.2) is 45.6 Å². The molecule has 3 aromatic rings. The lowest BCUT2D eigenvalue weighted by Gasteiger charge is -2.31. The molecule has 0 bridgehead atoms. The topological polar surface area (TPSA) is 69.0 Å². The highest BCUT2D eigenvalue weighted by atomic mass is 35.5. The number of fused-ring (bicyclic) bond motifs is 3. The van der Waals surface area contributed by atoms with Crippen LogP contribution in [-0.4, -0.2) is 23.7 Å². The monoisotopic (exact) mass is 455 g/mol. The van der Waals surface area contributed by atoms with E-state index in [-0.39, 0.29) is 24.1 Å². The van der Waals surface area contributed by atoms with Crippen LogP contribution in [0.25, 0.3) is 11.0 Å². The molecule has 0 unspecified atom stereocenters. The second-order valence-corrected chi connectivity index (χ2v) is 8.83. The first-order chi connectivity index (χ1) is 15.3. The van der Waals surface area contributed by atoms with E-state index >= 15 is 0 Å². The third-order valence-electron chi connectivity index (χ3n) is 5.42. The van der Waals surface area contributed by atoms with Crippen molar-refractivity contribution in [3.05, 3.63) is 74.1 Å². The Bertz CT molecular complexity index is 1200. The third kappa shape index (κ3) is 4.97. The van der Waals surface area contributed by atoms with Crippen LogP contribution < -0.4 is 10.4 Å². The lowest BCUT2D eigenvalue weighted by molar-refractivity contribution is -0.147. The molecule has 32 heavy (non-hydrogen) atoms. The first-order valence-corrected chi connectivity index (χ1v) is 11.1. The molecule has 0 radical (unpaired) electrons. The number of halogens is 1. The molecule has 1 aromatic heterocycles. The zero-order valence-electron chi connectivity index (χ0n) is 18.4. The number of rotatable bonds is 6. The summed E-state index contributed by atoms with van der Waals surface area (Å²) >= 11 is 6.00. The Morgan fingerprint density at radius 1 is 1.22 bits per heavy atom. The Balaban J connectivity index is 1.68. The van der Waals surface area contributed by atoms with Gasteiger partial charge in [0, 0.05) is 36.0 Å². The predicted octanol–water partition coefficient (Wildman–Crippen LogP) is 4.99. The van der Waals surface area contributed by atoms with Gasteiger partial charge in [-0.3, -0.25) is 9.69 Å². The molecule has 168 valence electrons. The average Bonchev–Trinajstić information content (AvgIpc) is 2.73. The normalized spacial score (nSPS) is 13.8. The molecule has 0 atom stereocenters. The van der Waals surface area contributed by atoms with Crippen LogP contribution in [0.1, 0.15) is 42.5 Å². The average molecular weight is 456 g/mol. The summed E-state index contributed by atoms with van der Waals surface area (Å²) in [6, 6.07) is 11.1. The molecule has 2 heterocycles. The van der Waals surface area contributed by atoms with E-state index in [0.29, 0.717) is 42.6 Å². The number of benzene rings is 2. The molecule has 0 amide bonds. The first-order valence-electron chi connectivity index (χ1n) is 10.7. The number of esters is 1. The van der Waals surface area contributed by atoms with E-state index in [9.17, 15) is 9.59 Å². The smallest absolute Gasteiger partial charge is 0.336 e. The molecule has 0 spiro atoms. The Labute approximate surface area is 191 Å². The van der Waals surface area contributed by atoms with Crippen LogP contribution >= 0.6 is 11.6 Å². The van der Waals surface area contributed by atoms with Crippen LogP contribution in [0, 0.1) is 6.92 Å². The summed E-state index contributed by atoms with van der Waals surface area (Å²) in [5.41, 5.74) is 3.84. The van der Waals surface area contributed by atoms with Crippen molar-refractivity contribution in [3.63, 3.8) is 0 Å². The molecule has 0 saturated carbocycles. The number of ether oxygens (including phenoxy) is 2. The molecule has 0 aliphatic carbocycles. The van der Waals surface area contributed by atoms with Crippen molar-refractivity contribution in [2.45, 2.75) is 52.8 Å². The molecule has 1 aliphatic rings. The Kier molecular flexibility index (Phi) is 6.53. The van der Waals surface area contributed by atoms with E-state index in [2.05, 4.69) is 4.90 Å². The van der Waals surface area contributed by atoms with Gasteiger partial charge in [0.25, 0.3) is 0 Å². The van der Waals surface area contributed by atoms with Gasteiger partial charge in [0.15, 0.2) is 0 Å². The summed E-state index contributed by atoms with van der Waals surface area (Å²) in [5, 5.41) is 1.55. The highest BCUT2D eigenvalue weighted by Gasteiger charge is 2.26. The Hall–Kier alpha value is -2.83. The van der Waals surface area contributed by atoms with Crippen molar-refractivity contribution in [2.24, 2.45) is 0 Å². The summed E-state index contributed by atoms with van der Waals surface area (Å²) in [6.45, 7) is 7.17. The largest absolute Gasteiger partial charge is 0.477 e. The van der Waals surface area contributed by atoms with Crippen LogP contribution in [0.4, 0.5) is 0 Å². The minimum atomic E-state index is -0.389. The Morgan fingerprint density at radius 2 is 1.97 bits per heavy atom. The molecular weight excluding hydrogens is 430 g/mol. The number of aryl methyl sites for hydroxylation is 2. The maximum atomic E-state index is 12.1. The minimum Gasteiger partial charge on any atom is -0.477 e. The van der Waals surface area contributed by atoms with E-state index in [1.54, 1.807) is 0 Å². The molecular formula is C25H26ClNO5. The number of carbonyl (C=O) groups is 1. The molecule has 1 aliphatic heterocycles. The molecule has 0 saturated heterocycles. The fourth-order valence-corrected chi connectivity index (χ4v) is 4.13. The molecule has 6 nitrogen and oxygen atoms in total. The summed E-state index contributed by atoms with van der Waals surface area (Å²) in [6.07, 6.45) is 0.589. The van der Waals surface area contributed by atoms with Gasteiger partial charge < -0.3 is 13.9 Å².